The zero-order valence-electron chi connectivity index (χ0n) is 8.70. The van der Waals surface area contributed by atoms with Crippen LogP contribution in [0, 0.1) is 22.7 Å². The van der Waals surface area contributed by atoms with Crippen LogP contribution in [0.25, 0.3) is 0 Å². The molecule has 0 heterocycles. The molecule has 0 spiro atoms. The second-order valence-corrected chi connectivity index (χ2v) is 3.73. The molecule has 0 N–H and O–H groups in total. The van der Waals surface area contributed by atoms with Crippen LogP contribution >= 0.6 is 11.6 Å². The van der Waals surface area contributed by atoms with Crippen molar-refractivity contribution in [2.24, 2.45) is 0 Å². The Balaban J connectivity index is 3.38. The molecule has 0 fully saturated rings. The van der Waals surface area contributed by atoms with Crippen LogP contribution in [-0.2, 0) is 11.2 Å². The van der Waals surface area contributed by atoms with Crippen LogP contribution in [0.3, 0.4) is 0 Å². The summed E-state index contributed by atoms with van der Waals surface area (Å²) >= 11 is 5.96. The van der Waals surface area contributed by atoms with Gasteiger partial charge in [-0.05, 0) is 24.1 Å². The number of benzene rings is 1. The number of nitriles is 2. The lowest BCUT2D eigenvalue weighted by molar-refractivity contribution is -0.116. The summed E-state index contributed by atoms with van der Waals surface area (Å²) < 4.78 is 0. The van der Waals surface area contributed by atoms with E-state index in [9.17, 15) is 4.79 Å². The molecule has 0 amide bonds. The Hall–Kier alpha value is -1.84. The molecule has 1 aromatic carbocycles. The standard InChI is InChI=1S/C12H9ClN2O/c1-8(16)12(13)11-9(5-6-14)3-2-4-10(11)7-15/h2-4,12H,5H2,1H3. The number of alkyl halides is 1. The SMILES string of the molecule is CC(=O)C(Cl)c1c(C#N)cccc1CC#N. The summed E-state index contributed by atoms with van der Waals surface area (Å²) in [5.41, 5.74) is 1.44. The first-order chi connectivity index (χ1) is 7.61. The molecule has 3 nitrogen and oxygen atoms in total. The number of ketones is 1. The highest BCUT2D eigenvalue weighted by Crippen LogP contribution is 2.28. The van der Waals surface area contributed by atoms with Gasteiger partial charge in [0, 0.05) is 0 Å². The van der Waals surface area contributed by atoms with Crippen LogP contribution in [0.4, 0.5) is 0 Å². The topological polar surface area (TPSA) is 64.7 Å². The summed E-state index contributed by atoms with van der Waals surface area (Å²) in [5.74, 6) is -0.233. The van der Waals surface area contributed by atoms with E-state index in [4.69, 9.17) is 22.1 Å². The molecule has 0 saturated carbocycles. The largest absolute Gasteiger partial charge is 0.298 e. The normalized spacial score (nSPS) is 11.2. The van der Waals surface area contributed by atoms with Gasteiger partial charge in [-0.15, -0.1) is 11.6 Å². The molecular formula is C12H9ClN2O. The number of hydrogen-bond acceptors (Lipinski definition) is 3. The fraction of sp³-hybridized carbons (Fsp3) is 0.250. The van der Waals surface area contributed by atoms with Crippen LogP contribution in [0.2, 0.25) is 0 Å². The van der Waals surface area contributed by atoms with E-state index in [-0.39, 0.29) is 12.2 Å². The number of halogens is 1. The molecule has 1 rings (SSSR count). The van der Waals surface area contributed by atoms with Gasteiger partial charge in [0.05, 0.1) is 24.1 Å². The molecular weight excluding hydrogens is 224 g/mol. The molecule has 1 unspecified atom stereocenters. The van der Waals surface area contributed by atoms with Crippen LogP contribution in [-0.4, -0.2) is 5.78 Å². The van der Waals surface area contributed by atoms with Gasteiger partial charge in [-0.25, -0.2) is 0 Å². The lowest BCUT2D eigenvalue weighted by Crippen LogP contribution is -2.07. The predicted octanol–water partition coefficient (Wildman–Crippen LogP) is 2.49. The van der Waals surface area contributed by atoms with Crippen molar-refractivity contribution in [3.05, 3.63) is 34.9 Å². The van der Waals surface area contributed by atoms with Gasteiger partial charge in [0.2, 0.25) is 0 Å². The summed E-state index contributed by atoms with van der Waals surface area (Å²) in [4.78, 5) is 11.2. The van der Waals surface area contributed by atoms with Gasteiger partial charge in [-0.3, -0.25) is 4.79 Å². The first kappa shape index (κ1) is 12.2. The van der Waals surface area contributed by atoms with Crippen molar-refractivity contribution in [1.82, 2.24) is 0 Å². The third-order valence-corrected chi connectivity index (χ3v) is 2.72. The van der Waals surface area contributed by atoms with Crippen LogP contribution in [0.1, 0.15) is 29.0 Å². The Bertz CT molecular complexity index is 497. The minimum Gasteiger partial charge on any atom is -0.298 e. The second kappa shape index (κ2) is 5.30. The highest BCUT2D eigenvalue weighted by molar-refractivity contribution is 6.31. The quantitative estimate of drug-likeness (QED) is 0.752. The zero-order chi connectivity index (χ0) is 12.1. The summed E-state index contributed by atoms with van der Waals surface area (Å²) in [6, 6.07) is 8.95. The second-order valence-electron chi connectivity index (χ2n) is 3.30. The summed E-state index contributed by atoms with van der Waals surface area (Å²) in [6.45, 7) is 1.36. The molecule has 0 aliphatic heterocycles. The predicted molar refractivity (Wildman–Crippen MR) is 59.7 cm³/mol. The van der Waals surface area contributed by atoms with Crippen LogP contribution < -0.4 is 0 Å². The maximum Gasteiger partial charge on any atom is 0.152 e. The molecule has 1 aromatic rings. The third-order valence-electron chi connectivity index (χ3n) is 2.20. The Morgan fingerprint density at radius 1 is 1.50 bits per heavy atom. The molecule has 0 saturated heterocycles. The van der Waals surface area contributed by atoms with Crippen molar-refractivity contribution in [3.63, 3.8) is 0 Å². The number of Topliss-reactive ketones (excluding diaryl/α,β-unsaturated/α-hetero) is 1. The Kier molecular flexibility index (Phi) is 4.05. The van der Waals surface area contributed by atoms with E-state index in [0.29, 0.717) is 16.7 Å². The maximum absolute atomic E-state index is 11.2. The highest BCUT2D eigenvalue weighted by atomic mass is 35.5. The van der Waals surface area contributed by atoms with Crippen LogP contribution in [0.5, 0.6) is 0 Å². The van der Waals surface area contributed by atoms with Gasteiger partial charge >= 0.3 is 0 Å². The van der Waals surface area contributed by atoms with E-state index in [1.165, 1.54) is 6.92 Å². The van der Waals surface area contributed by atoms with Gasteiger partial charge in [0.1, 0.15) is 5.38 Å². The fourth-order valence-corrected chi connectivity index (χ4v) is 1.71. The van der Waals surface area contributed by atoms with Gasteiger partial charge in [-0.2, -0.15) is 10.5 Å². The maximum atomic E-state index is 11.2. The first-order valence-corrected chi connectivity index (χ1v) is 5.08. The highest BCUT2D eigenvalue weighted by Gasteiger charge is 2.20. The average molecular weight is 233 g/mol. The van der Waals surface area contributed by atoms with Crippen molar-refractivity contribution in [1.29, 1.82) is 10.5 Å². The number of rotatable bonds is 3. The van der Waals surface area contributed by atoms with E-state index >= 15 is 0 Å². The third kappa shape index (κ3) is 2.39. The molecule has 80 valence electrons. The Labute approximate surface area is 98.9 Å². The van der Waals surface area contributed by atoms with Crippen molar-refractivity contribution < 1.29 is 4.79 Å². The van der Waals surface area contributed by atoms with Crippen molar-refractivity contribution >= 4 is 17.4 Å². The average Bonchev–Trinajstić information content (AvgIpc) is 2.28. The number of carbonyl (C=O) groups is 1. The number of nitrogens with zero attached hydrogens (tertiary/aromatic N) is 2. The molecule has 0 aliphatic carbocycles. The lowest BCUT2D eigenvalue weighted by Gasteiger charge is -2.12. The van der Waals surface area contributed by atoms with Crippen molar-refractivity contribution in [2.75, 3.05) is 0 Å². The van der Waals surface area contributed by atoms with E-state index < -0.39 is 5.38 Å². The molecule has 0 aliphatic rings. The van der Waals surface area contributed by atoms with E-state index in [0.717, 1.165) is 0 Å². The van der Waals surface area contributed by atoms with Gasteiger partial charge in [0.15, 0.2) is 5.78 Å². The summed E-state index contributed by atoms with van der Waals surface area (Å²) in [7, 11) is 0. The lowest BCUT2D eigenvalue weighted by atomic mass is 9.95. The minimum absolute atomic E-state index is 0.140. The molecule has 0 radical (unpaired) electrons. The monoisotopic (exact) mass is 232 g/mol. The van der Waals surface area contributed by atoms with E-state index in [1.54, 1.807) is 18.2 Å². The van der Waals surface area contributed by atoms with E-state index in [2.05, 4.69) is 0 Å². The minimum atomic E-state index is -0.862. The molecule has 0 aromatic heterocycles. The van der Waals surface area contributed by atoms with Crippen molar-refractivity contribution in [3.8, 4) is 12.1 Å². The smallest absolute Gasteiger partial charge is 0.152 e. The first-order valence-electron chi connectivity index (χ1n) is 4.65. The fourth-order valence-electron chi connectivity index (χ4n) is 1.45. The number of carbonyl (C=O) groups excluding carboxylic acids is 1. The molecule has 4 heteroatoms. The summed E-state index contributed by atoms with van der Waals surface area (Å²) in [6.07, 6.45) is 0.140. The summed E-state index contributed by atoms with van der Waals surface area (Å²) in [5, 5.41) is 16.7. The van der Waals surface area contributed by atoms with Gasteiger partial charge in [-0.1, -0.05) is 12.1 Å². The Morgan fingerprint density at radius 3 is 2.69 bits per heavy atom. The molecule has 1 atom stereocenters. The number of hydrogen-bond donors (Lipinski definition) is 0. The molecule has 16 heavy (non-hydrogen) atoms. The van der Waals surface area contributed by atoms with Crippen LogP contribution in [0.15, 0.2) is 18.2 Å². The Morgan fingerprint density at radius 2 is 2.19 bits per heavy atom. The van der Waals surface area contributed by atoms with E-state index in [1.807, 2.05) is 12.1 Å². The molecule has 0 bridgehead atoms. The van der Waals surface area contributed by atoms with Gasteiger partial charge < -0.3 is 0 Å². The zero-order valence-corrected chi connectivity index (χ0v) is 9.45. The van der Waals surface area contributed by atoms with Crippen molar-refractivity contribution in [2.45, 2.75) is 18.7 Å². The van der Waals surface area contributed by atoms with Gasteiger partial charge in [0.25, 0.3) is 0 Å².